The lowest BCUT2D eigenvalue weighted by atomic mass is 9.89. The molecule has 0 amide bonds. The van der Waals surface area contributed by atoms with Crippen LogP contribution in [0.15, 0.2) is 165 Å². The third kappa shape index (κ3) is 16.4. The van der Waals surface area contributed by atoms with Gasteiger partial charge in [0.2, 0.25) is 0 Å². The molecule has 6 fully saturated rings. The molecule has 0 radical (unpaired) electrons. The van der Waals surface area contributed by atoms with Gasteiger partial charge in [-0.15, -0.1) is 0 Å². The molecule has 1 aliphatic carbocycles. The number of likely N-dealkylation sites (N-methyl/N-ethyl adjacent to an activating group) is 1. The second-order valence-electron chi connectivity index (χ2n) is 30.3. The zero-order chi connectivity index (χ0) is 77.8. The molecule has 9 aromatic heterocycles. The maximum atomic E-state index is 14.1. The second kappa shape index (κ2) is 33.4. The molecule has 1 atom stereocenters. The summed E-state index contributed by atoms with van der Waals surface area (Å²) in [5.41, 5.74) is 13.9. The van der Waals surface area contributed by atoms with Crippen molar-refractivity contribution in [3.8, 4) is 51.6 Å². The number of benzene rings is 3. The smallest absolute Gasteiger partial charge is 0.130 e. The van der Waals surface area contributed by atoms with Crippen molar-refractivity contribution in [3.63, 3.8) is 0 Å². The average Bonchev–Trinajstić information content (AvgIpc) is 1.66. The van der Waals surface area contributed by atoms with Gasteiger partial charge in [-0.05, 0) is 191 Å². The van der Waals surface area contributed by atoms with E-state index in [-0.39, 0.29) is 36.3 Å². The van der Waals surface area contributed by atoms with Crippen molar-refractivity contribution in [2.24, 2.45) is 0 Å². The number of anilines is 3. The van der Waals surface area contributed by atoms with E-state index < -0.39 is 34.9 Å². The van der Waals surface area contributed by atoms with E-state index >= 15 is 0 Å². The first-order valence-corrected chi connectivity index (χ1v) is 38.9. The van der Waals surface area contributed by atoms with E-state index in [0.717, 1.165) is 159 Å². The van der Waals surface area contributed by atoms with Crippen LogP contribution in [0.5, 0.6) is 0 Å². The van der Waals surface area contributed by atoms with E-state index in [1.54, 1.807) is 18.6 Å². The van der Waals surface area contributed by atoms with E-state index in [1.807, 2.05) is 62.6 Å². The molecular formula is C87H86F6N20. The highest BCUT2D eigenvalue weighted by Crippen LogP contribution is 2.43. The first-order valence-electron chi connectivity index (χ1n) is 38.9. The van der Waals surface area contributed by atoms with Gasteiger partial charge >= 0.3 is 0 Å². The van der Waals surface area contributed by atoms with Gasteiger partial charge in [-0.25, -0.2) is 54.8 Å². The molecule has 576 valence electrons. The lowest BCUT2D eigenvalue weighted by Gasteiger charge is -2.35. The SMILES string of the molecule is CCN1CCC(c2cc(-c3ccc(N4CCN(Cc5c(F)cccc5F)CC4)nc3)c3c(C#N)cnn3c2)C1.CN1CCC(c2cc(-c3ccc(N4CCN(Cc5c(F)cccc5F)CC4)nc3)c3c(C#N)cnn3c2)CC1.N#Cc1cnn2cc(C3CC3)cc(-c3ccc(N4CCN(Cc5c(F)cccc5F)CC4)nc3)c12. The second-order valence-corrected chi connectivity index (χ2v) is 30.3. The molecule has 5 aliphatic heterocycles. The number of nitrogens with zero attached hydrogens (tertiary/aromatic N) is 20. The van der Waals surface area contributed by atoms with Crippen LogP contribution < -0.4 is 14.7 Å². The highest BCUT2D eigenvalue weighted by Gasteiger charge is 2.31. The molecule has 5 saturated heterocycles. The van der Waals surface area contributed by atoms with Crippen LogP contribution in [0.4, 0.5) is 43.8 Å². The van der Waals surface area contributed by atoms with Gasteiger partial charge in [0.1, 0.15) is 70.6 Å². The van der Waals surface area contributed by atoms with Gasteiger partial charge in [-0.1, -0.05) is 25.1 Å². The predicted molar refractivity (Wildman–Crippen MR) is 422 cm³/mol. The van der Waals surface area contributed by atoms with Gasteiger partial charge in [0, 0.05) is 192 Å². The fraction of sp³-hybridized carbons (Fsp3) is 0.345. The molecule has 113 heavy (non-hydrogen) atoms. The normalized spacial score (nSPS) is 17.6. The van der Waals surface area contributed by atoms with Crippen molar-refractivity contribution in [1.82, 2.24) is 68.3 Å². The maximum absolute atomic E-state index is 14.1. The van der Waals surface area contributed by atoms with Crippen molar-refractivity contribution >= 4 is 34.0 Å². The Labute approximate surface area is 652 Å². The zero-order valence-electron chi connectivity index (χ0n) is 63.2. The molecule has 14 heterocycles. The summed E-state index contributed by atoms with van der Waals surface area (Å²) < 4.78 is 89.8. The summed E-state index contributed by atoms with van der Waals surface area (Å²) in [4.78, 5) is 31.9. The topological polar surface area (TPSA) is 188 Å². The maximum Gasteiger partial charge on any atom is 0.130 e. The van der Waals surface area contributed by atoms with Gasteiger partial charge in [0.05, 0.1) is 51.8 Å². The minimum atomic E-state index is -0.499. The average molecular weight is 1530 g/mol. The molecule has 12 aromatic rings. The van der Waals surface area contributed by atoms with E-state index in [4.69, 9.17) is 15.0 Å². The molecule has 1 saturated carbocycles. The molecule has 18 rings (SSSR count). The number of nitriles is 3. The molecule has 0 N–H and O–H groups in total. The van der Waals surface area contributed by atoms with E-state index in [0.29, 0.717) is 73.7 Å². The monoisotopic (exact) mass is 1520 g/mol. The highest BCUT2D eigenvalue weighted by molar-refractivity contribution is 5.87. The van der Waals surface area contributed by atoms with Crippen LogP contribution >= 0.6 is 0 Å². The molecule has 1 unspecified atom stereocenters. The first-order chi connectivity index (χ1) is 55.1. The number of piperidine rings is 1. The van der Waals surface area contributed by atoms with Crippen LogP contribution in [0.2, 0.25) is 0 Å². The van der Waals surface area contributed by atoms with Gasteiger partial charge in [0.25, 0.3) is 0 Å². The summed E-state index contributed by atoms with van der Waals surface area (Å²) in [6, 6.07) is 37.6. The number of fused-ring (bicyclic) bond motifs is 3. The molecule has 0 spiro atoms. The Hall–Kier alpha value is -11.6. The molecule has 0 bridgehead atoms. The third-order valence-electron chi connectivity index (χ3n) is 23.3. The number of pyridine rings is 6. The van der Waals surface area contributed by atoms with Crippen LogP contribution in [0, 0.1) is 68.9 Å². The lowest BCUT2D eigenvalue weighted by Crippen LogP contribution is -2.46. The lowest BCUT2D eigenvalue weighted by molar-refractivity contribution is 0.242. The van der Waals surface area contributed by atoms with Gasteiger partial charge in [-0.3, -0.25) is 14.7 Å². The summed E-state index contributed by atoms with van der Waals surface area (Å²) >= 11 is 0. The van der Waals surface area contributed by atoms with Crippen molar-refractivity contribution in [1.29, 1.82) is 15.8 Å². The number of hydrogen-bond donors (Lipinski definition) is 0. The van der Waals surface area contributed by atoms with Gasteiger partial charge < -0.3 is 24.5 Å². The summed E-state index contributed by atoms with van der Waals surface area (Å²) in [5.74, 6) is 1.07. The third-order valence-corrected chi connectivity index (χ3v) is 23.3. The number of aromatic nitrogens is 9. The van der Waals surface area contributed by atoms with E-state index in [1.165, 1.54) is 84.1 Å². The standard InChI is InChI=1S/2C30H31F2N7.C27H24F2N6/c1-36-9-7-21(8-10-36)23-15-25(30-24(16-33)18-35-39(30)19-23)22-5-6-29(34-17-22)38-13-11-37(12-14-38)20-26-27(31)3-2-4-28(26)32;1-2-36-9-8-22(18-36)23-14-25(30-24(15-33)17-35-39(30)19-23)21-6-7-29(34-16-21)38-12-10-37(11-13-38)20-26-27(31)4-3-5-28(26)32;28-24-2-1-3-25(29)23(24)17-33-8-10-34(11-9-33)26-7-6-19(14-31-26)22-12-20(18-4-5-18)16-35-27(22)21(13-30)15-32-35/h2-6,15,17-19,21H,7-14,20H2,1H3;3-7,14,16-17,19,22H,2,8-13,18,20H2,1H3;1-3,6-7,12,14-16,18H,4-5,8-11,17H2. The Morgan fingerprint density at radius 3 is 0.956 bits per heavy atom. The molecule has 3 aromatic carbocycles. The minimum Gasteiger partial charge on any atom is -0.354 e. The summed E-state index contributed by atoms with van der Waals surface area (Å²) in [5, 5.41) is 42.4. The molecule has 20 nitrogen and oxygen atoms in total. The highest BCUT2D eigenvalue weighted by atomic mass is 19.2. The Bertz CT molecular complexity index is 5260. The predicted octanol–water partition coefficient (Wildman–Crippen LogP) is 14.1. The number of rotatable bonds is 16. The Morgan fingerprint density at radius 2 is 0.673 bits per heavy atom. The van der Waals surface area contributed by atoms with Crippen LogP contribution in [-0.4, -0.2) is 187 Å². The zero-order valence-corrected chi connectivity index (χ0v) is 63.2. The fourth-order valence-corrected chi connectivity index (χ4v) is 16.5. The van der Waals surface area contributed by atoms with Crippen molar-refractivity contribution in [2.75, 3.05) is 133 Å². The molecule has 26 heteroatoms. The summed E-state index contributed by atoms with van der Waals surface area (Å²) in [6.45, 7) is 16.8. The van der Waals surface area contributed by atoms with Crippen molar-refractivity contribution in [3.05, 3.63) is 250 Å². The fourth-order valence-electron chi connectivity index (χ4n) is 16.5. The van der Waals surface area contributed by atoms with E-state index in [2.05, 4.69) is 129 Å². The summed E-state index contributed by atoms with van der Waals surface area (Å²) in [7, 11) is 2.16. The first kappa shape index (κ1) is 75.5. The number of halogens is 6. The Balaban J connectivity index is 0.000000128. The minimum absolute atomic E-state index is 0.124. The van der Waals surface area contributed by atoms with E-state index in [9.17, 15) is 42.1 Å². The Morgan fingerprint density at radius 1 is 0.363 bits per heavy atom. The van der Waals surface area contributed by atoms with Crippen LogP contribution in [0.1, 0.15) is 107 Å². The molecular weight excluding hydrogens is 1440 g/mol. The quantitative estimate of drug-likeness (QED) is 0.0830. The molecule has 6 aliphatic rings. The van der Waals surface area contributed by atoms with Crippen LogP contribution in [0.25, 0.3) is 49.9 Å². The van der Waals surface area contributed by atoms with Crippen molar-refractivity contribution < 1.29 is 26.3 Å². The summed E-state index contributed by atoms with van der Waals surface area (Å²) in [6.07, 6.45) is 22.3. The number of hydrogen-bond acceptors (Lipinski definition) is 17. The van der Waals surface area contributed by atoms with Crippen LogP contribution in [0.3, 0.4) is 0 Å². The number of piperazine rings is 3. The number of likely N-dealkylation sites (tertiary alicyclic amines) is 2. The Kier molecular flexibility index (Phi) is 22.3. The largest absolute Gasteiger partial charge is 0.354 e. The van der Waals surface area contributed by atoms with Gasteiger partial charge in [0.15, 0.2) is 0 Å². The van der Waals surface area contributed by atoms with Gasteiger partial charge in [-0.2, -0.15) is 31.1 Å². The van der Waals surface area contributed by atoms with Crippen LogP contribution in [-0.2, 0) is 19.6 Å². The van der Waals surface area contributed by atoms with Crippen molar-refractivity contribution in [2.45, 2.75) is 76.4 Å².